The van der Waals surface area contributed by atoms with Crippen LogP contribution < -0.4 is 0 Å². The largest absolute Gasteiger partial charge is 0.508 e. The number of rotatable bonds is 6. The summed E-state index contributed by atoms with van der Waals surface area (Å²) in [5.74, 6) is 0.202. The van der Waals surface area contributed by atoms with Gasteiger partial charge in [-0.3, -0.25) is 9.69 Å². The molecule has 0 aliphatic carbocycles. The fourth-order valence-electron chi connectivity index (χ4n) is 3.22. The number of carbonyl (C=O) groups is 1. The Kier molecular flexibility index (Phi) is 6.07. The minimum Gasteiger partial charge on any atom is -0.508 e. The summed E-state index contributed by atoms with van der Waals surface area (Å²) >= 11 is 0. The number of hydrogen-bond donors (Lipinski definition) is 1. The smallest absolute Gasteiger partial charge is 0.309 e. The van der Waals surface area contributed by atoms with E-state index in [2.05, 4.69) is 29.2 Å². The molecule has 0 atom stereocenters. The SMILES string of the molecule is O=C(OCCc1ccc(O)cc1)C1CCN(Cc2ccccc2)CC1. The Morgan fingerprint density at radius 3 is 2.36 bits per heavy atom. The number of piperidine rings is 1. The highest BCUT2D eigenvalue weighted by molar-refractivity contribution is 5.72. The van der Waals surface area contributed by atoms with Crippen molar-refractivity contribution in [2.24, 2.45) is 5.92 Å². The van der Waals surface area contributed by atoms with Gasteiger partial charge in [-0.15, -0.1) is 0 Å². The molecule has 25 heavy (non-hydrogen) atoms. The highest BCUT2D eigenvalue weighted by atomic mass is 16.5. The number of benzene rings is 2. The van der Waals surface area contributed by atoms with Crippen molar-refractivity contribution in [3.8, 4) is 5.75 Å². The Morgan fingerprint density at radius 1 is 1.00 bits per heavy atom. The number of hydrogen-bond acceptors (Lipinski definition) is 4. The van der Waals surface area contributed by atoms with Crippen molar-refractivity contribution in [2.75, 3.05) is 19.7 Å². The van der Waals surface area contributed by atoms with Gasteiger partial charge in [0.25, 0.3) is 0 Å². The van der Waals surface area contributed by atoms with Crippen LogP contribution >= 0.6 is 0 Å². The summed E-state index contributed by atoms with van der Waals surface area (Å²) in [4.78, 5) is 14.6. The zero-order chi connectivity index (χ0) is 17.5. The third kappa shape index (κ3) is 5.33. The van der Waals surface area contributed by atoms with E-state index in [1.54, 1.807) is 12.1 Å². The number of likely N-dealkylation sites (tertiary alicyclic amines) is 1. The molecule has 0 amide bonds. The van der Waals surface area contributed by atoms with Crippen LogP contribution in [0.4, 0.5) is 0 Å². The van der Waals surface area contributed by atoms with E-state index in [0.29, 0.717) is 13.0 Å². The lowest BCUT2D eigenvalue weighted by Crippen LogP contribution is -2.36. The van der Waals surface area contributed by atoms with Crippen molar-refractivity contribution in [1.82, 2.24) is 4.90 Å². The summed E-state index contributed by atoms with van der Waals surface area (Å²) in [7, 11) is 0. The van der Waals surface area contributed by atoms with Crippen molar-refractivity contribution in [1.29, 1.82) is 0 Å². The number of aromatic hydroxyl groups is 1. The van der Waals surface area contributed by atoms with E-state index in [1.165, 1.54) is 5.56 Å². The number of esters is 1. The number of ether oxygens (including phenoxy) is 1. The van der Waals surface area contributed by atoms with Crippen LogP contribution in [-0.2, 0) is 22.5 Å². The minimum absolute atomic E-state index is 0.0202. The van der Waals surface area contributed by atoms with Crippen LogP contribution in [-0.4, -0.2) is 35.7 Å². The third-order valence-corrected chi connectivity index (χ3v) is 4.74. The lowest BCUT2D eigenvalue weighted by atomic mass is 9.96. The highest BCUT2D eigenvalue weighted by Gasteiger charge is 2.26. The van der Waals surface area contributed by atoms with Crippen molar-refractivity contribution in [3.05, 3.63) is 65.7 Å². The second-order valence-electron chi connectivity index (χ2n) is 6.62. The zero-order valence-electron chi connectivity index (χ0n) is 14.4. The van der Waals surface area contributed by atoms with E-state index < -0.39 is 0 Å². The van der Waals surface area contributed by atoms with Gasteiger partial charge >= 0.3 is 5.97 Å². The Labute approximate surface area is 149 Å². The lowest BCUT2D eigenvalue weighted by molar-refractivity contribution is -0.150. The predicted octanol–water partition coefficient (Wildman–Crippen LogP) is 3.39. The van der Waals surface area contributed by atoms with Gasteiger partial charge in [0.1, 0.15) is 5.75 Å². The fourth-order valence-corrected chi connectivity index (χ4v) is 3.22. The molecule has 132 valence electrons. The first-order chi connectivity index (χ1) is 12.2. The molecule has 0 spiro atoms. The van der Waals surface area contributed by atoms with Crippen LogP contribution in [0.25, 0.3) is 0 Å². The molecule has 4 heteroatoms. The first-order valence-electron chi connectivity index (χ1n) is 8.91. The maximum atomic E-state index is 12.2. The quantitative estimate of drug-likeness (QED) is 0.820. The molecular formula is C21H25NO3. The van der Waals surface area contributed by atoms with E-state index >= 15 is 0 Å². The molecule has 1 saturated heterocycles. The van der Waals surface area contributed by atoms with Gasteiger partial charge in [-0.25, -0.2) is 0 Å². The monoisotopic (exact) mass is 339 g/mol. The van der Waals surface area contributed by atoms with Gasteiger partial charge in [-0.1, -0.05) is 42.5 Å². The Balaban J connectivity index is 1.37. The second-order valence-corrected chi connectivity index (χ2v) is 6.62. The van der Waals surface area contributed by atoms with Crippen molar-refractivity contribution in [3.63, 3.8) is 0 Å². The predicted molar refractivity (Wildman–Crippen MR) is 97.2 cm³/mol. The Hall–Kier alpha value is -2.33. The second kappa shape index (κ2) is 8.67. The lowest BCUT2D eigenvalue weighted by Gasteiger charge is -2.30. The van der Waals surface area contributed by atoms with Gasteiger partial charge in [-0.05, 0) is 49.2 Å². The molecule has 2 aromatic carbocycles. The van der Waals surface area contributed by atoms with Crippen LogP contribution in [0, 0.1) is 5.92 Å². The summed E-state index contributed by atoms with van der Waals surface area (Å²) < 4.78 is 5.45. The number of nitrogens with zero attached hydrogens (tertiary/aromatic N) is 1. The maximum Gasteiger partial charge on any atom is 0.309 e. The first kappa shape index (κ1) is 17.5. The molecule has 1 aliphatic rings. The van der Waals surface area contributed by atoms with Crippen LogP contribution in [0.15, 0.2) is 54.6 Å². The molecule has 1 heterocycles. The Morgan fingerprint density at radius 2 is 1.68 bits per heavy atom. The number of phenols is 1. The summed E-state index contributed by atoms with van der Waals surface area (Å²) in [6.07, 6.45) is 2.41. The van der Waals surface area contributed by atoms with Gasteiger partial charge in [0.2, 0.25) is 0 Å². The zero-order valence-corrected chi connectivity index (χ0v) is 14.4. The van der Waals surface area contributed by atoms with Crippen molar-refractivity contribution in [2.45, 2.75) is 25.8 Å². The summed E-state index contributed by atoms with van der Waals surface area (Å²) in [5.41, 5.74) is 2.38. The Bertz CT molecular complexity index is 661. The fraction of sp³-hybridized carbons (Fsp3) is 0.381. The average molecular weight is 339 g/mol. The minimum atomic E-state index is -0.0712. The third-order valence-electron chi connectivity index (χ3n) is 4.74. The van der Waals surface area contributed by atoms with Gasteiger partial charge < -0.3 is 9.84 Å². The first-order valence-corrected chi connectivity index (χ1v) is 8.91. The summed E-state index contributed by atoms with van der Waals surface area (Å²) in [6.45, 7) is 3.22. The van der Waals surface area contributed by atoms with Gasteiger partial charge in [-0.2, -0.15) is 0 Å². The molecule has 0 saturated carbocycles. The molecule has 0 radical (unpaired) electrons. The van der Waals surface area contributed by atoms with Crippen LogP contribution in [0.3, 0.4) is 0 Å². The number of phenolic OH excluding ortho intramolecular Hbond substituents is 1. The summed E-state index contributed by atoms with van der Waals surface area (Å²) in [6, 6.07) is 17.5. The topological polar surface area (TPSA) is 49.8 Å². The standard InChI is InChI=1S/C21H25NO3/c23-20-8-6-17(7-9-20)12-15-25-21(24)19-10-13-22(14-11-19)16-18-4-2-1-3-5-18/h1-9,19,23H,10-16H2. The molecule has 3 rings (SSSR count). The van der Waals surface area contributed by atoms with E-state index in [9.17, 15) is 9.90 Å². The molecule has 0 bridgehead atoms. The van der Waals surface area contributed by atoms with E-state index in [-0.39, 0.29) is 17.6 Å². The summed E-state index contributed by atoms with van der Waals surface area (Å²) in [5, 5.41) is 9.27. The normalized spacial score (nSPS) is 15.8. The maximum absolute atomic E-state index is 12.2. The molecule has 4 nitrogen and oxygen atoms in total. The van der Waals surface area contributed by atoms with Crippen molar-refractivity contribution < 1.29 is 14.6 Å². The van der Waals surface area contributed by atoms with Crippen LogP contribution in [0.2, 0.25) is 0 Å². The van der Waals surface area contributed by atoms with Crippen molar-refractivity contribution >= 4 is 5.97 Å². The van der Waals surface area contributed by atoms with Gasteiger partial charge in [0.15, 0.2) is 0 Å². The molecule has 0 unspecified atom stereocenters. The van der Waals surface area contributed by atoms with Gasteiger partial charge in [0, 0.05) is 13.0 Å². The van der Waals surface area contributed by atoms with E-state index in [1.807, 2.05) is 18.2 Å². The highest BCUT2D eigenvalue weighted by Crippen LogP contribution is 2.20. The average Bonchev–Trinajstić information content (AvgIpc) is 2.65. The molecule has 1 aliphatic heterocycles. The molecular weight excluding hydrogens is 314 g/mol. The van der Waals surface area contributed by atoms with Crippen LogP contribution in [0.1, 0.15) is 24.0 Å². The van der Waals surface area contributed by atoms with Gasteiger partial charge in [0.05, 0.1) is 12.5 Å². The van der Waals surface area contributed by atoms with E-state index in [4.69, 9.17) is 4.74 Å². The molecule has 0 aromatic heterocycles. The molecule has 1 fully saturated rings. The van der Waals surface area contributed by atoms with E-state index in [0.717, 1.165) is 38.0 Å². The number of carbonyl (C=O) groups excluding carboxylic acids is 1. The molecule has 2 aromatic rings. The molecule has 1 N–H and O–H groups in total. The van der Waals surface area contributed by atoms with Crippen LogP contribution in [0.5, 0.6) is 5.75 Å².